The van der Waals surface area contributed by atoms with Crippen molar-refractivity contribution in [1.29, 1.82) is 0 Å². The molecule has 1 saturated heterocycles. The molecule has 158 valence electrons. The molecule has 0 radical (unpaired) electrons. The van der Waals surface area contributed by atoms with Crippen LogP contribution in [-0.2, 0) is 4.74 Å². The van der Waals surface area contributed by atoms with Crippen LogP contribution in [0.2, 0.25) is 0 Å². The summed E-state index contributed by atoms with van der Waals surface area (Å²) in [6.45, 7) is 6.82. The third-order valence-electron chi connectivity index (χ3n) is 6.18. The van der Waals surface area contributed by atoms with E-state index in [1.54, 1.807) is 6.07 Å². The zero-order chi connectivity index (χ0) is 21.3. The quantitative estimate of drug-likeness (QED) is 0.632. The number of hydrogen-bond donors (Lipinski definition) is 1. The molecular formula is C25H30N2O3. The van der Waals surface area contributed by atoms with Gasteiger partial charge in [-0.15, -0.1) is 0 Å². The van der Waals surface area contributed by atoms with Crippen LogP contribution in [0.15, 0.2) is 42.5 Å². The first-order chi connectivity index (χ1) is 14.5. The number of fused-ring (bicyclic) bond motifs is 1. The van der Waals surface area contributed by atoms with Crippen molar-refractivity contribution in [1.82, 2.24) is 9.47 Å². The number of hydrogen-bond acceptors (Lipinski definition) is 4. The molecule has 0 aliphatic carbocycles. The number of aliphatic hydroxyl groups is 1. The van der Waals surface area contributed by atoms with Gasteiger partial charge in [0, 0.05) is 28.9 Å². The summed E-state index contributed by atoms with van der Waals surface area (Å²) in [4.78, 5) is 14.5. The standard InChI is InChI=1S/C25H30N2O3/c1-17-7-10-20(11-8-17)27-18(2)24(23(28)16-26-13-5-4-6-14-26)21-12-9-19(15-22(21)27)25(29)30-3/h7-12,15,23,28H,4-6,13-14,16H2,1-3H3. The van der Waals surface area contributed by atoms with Crippen LogP contribution >= 0.6 is 0 Å². The molecule has 0 saturated carbocycles. The van der Waals surface area contributed by atoms with Gasteiger partial charge < -0.3 is 19.3 Å². The highest BCUT2D eigenvalue weighted by molar-refractivity contribution is 5.96. The molecule has 1 fully saturated rings. The van der Waals surface area contributed by atoms with Crippen LogP contribution in [0.4, 0.5) is 0 Å². The number of methoxy groups -OCH3 is 1. The van der Waals surface area contributed by atoms with E-state index in [4.69, 9.17) is 4.74 Å². The van der Waals surface area contributed by atoms with Crippen LogP contribution in [0.5, 0.6) is 0 Å². The molecule has 1 unspecified atom stereocenters. The van der Waals surface area contributed by atoms with Crippen LogP contribution < -0.4 is 0 Å². The number of carbonyl (C=O) groups is 1. The topological polar surface area (TPSA) is 54.7 Å². The van der Waals surface area contributed by atoms with E-state index in [9.17, 15) is 9.90 Å². The Hall–Kier alpha value is -2.63. The zero-order valence-corrected chi connectivity index (χ0v) is 18.0. The number of rotatable bonds is 5. The van der Waals surface area contributed by atoms with Gasteiger partial charge in [-0.3, -0.25) is 0 Å². The molecule has 1 aromatic heterocycles. The summed E-state index contributed by atoms with van der Waals surface area (Å²) in [6.07, 6.45) is 3.08. The lowest BCUT2D eigenvalue weighted by atomic mass is 10.0. The maximum absolute atomic E-state index is 12.2. The number of aryl methyl sites for hydroxylation is 1. The van der Waals surface area contributed by atoms with E-state index in [0.717, 1.165) is 40.9 Å². The molecule has 1 atom stereocenters. The Morgan fingerprint density at radius 3 is 2.43 bits per heavy atom. The van der Waals surface area contributed by atoms with Crippen LogP contribution in [-0.4, -0.2) is 47.3 Å². The van der Waals surface area contributed by atoms with Gasteiger partial charge in [0.05, 0.1) is 24.3 Å². The fourth-order valence-electron chi connectivity index (χ4n) is 4.61. The van der Waals surface area contributed by atoms with Crippen LogP contribution in [0, 0.1) is 13.8 Å². The lowest BCUT2D eigenvalue weighted by Crippen LogP contribution is -2.33. The van der Waals surface area contributed by atoms with Crippen LogP contribution in [0.25, 0.3) is 16.6 Å². The number of ether oxygens (including phenoxy) is 1. The van der Waals surface area contributed by atoms with E-state index in [1.807, 2.05) is 19.1 Å². The Labute approximate surface area is 177 Å². The van der Waals surface area contributed by atoms with Crippen molar-refractivity contribution in [2.24, 2.45) is 0 Å². The van der Waals surface area contributed by atoms with Crippen molar-refractivity contribution in [2.45, 2.75) is 39.2 Å². The van der Waals surface area contributed by atoms with Gasteiger partial charge in [0.2, 0.25) is 0 Å². The monoisotopic (exact) mass is 406 g/mol. The molecule has 0 spiro atoms. The smallest absolute Gasteiger partial charge is 0.337 e. The van der Waals surface area contributed by atoms with Crippen molar-refractivity contribution in [2.75, 3.05) is 26.7 Å². The average molecular weight is 407 g/mol. The molecule has 1 N–H and O–H groups in total. The van der Waals surface area contributed by atoms with E-state index in [1.165, 1.54) is 31.9 Å². The van der Waals surface area contributed by atoms with E-state index in [2.05, 4.69) is 40.7 Å². The fraction of sp³-hybridized carbons (Fsp3) is 0.400. The molecule has 2 aromatic carbocycles. The lowest BCUT2D eigenvalue weighted by Gasteiger charge is -2.28. The van der Waals surface area contributed by atoms with Crippen LogP contribution in [0.1, 0.15) is 52.5 Å². The van der Waals surface area contributed by atoms with Gasteiger partial charge in [0.25, 0.3) is 0 Å². The first-order valence-electron chi connectivity index (χ1n) is 10.7. The minimum Gasteiger partial charge on any atom is -0.465 e. The average Bonchev–Trinajstić information content (AvgIpc) is 3.05. The van der Waals surface area contributed by atoms with Crippen LogP contribution in [0.3, 0.4) is 0 Å². The number of piperidine rings is 1. The van der Waals surface area contributed by atoms with E-state index in [-0.39, 0.29) is 5.97 Å². The van der Waals surface area contributed by atoms with Gasteiger partial charge in [-0.2, -0.15) is 0 Å². The van der Waals surface area contributed by atoms with Crippen molar-refractivity contribution in [3.63, 3.8) is 0 Å². The predicted molar refractivity (Wildman–Crippen MR) is 119 cm³/mol. The molecule has 30 heavy (non-hydrogen) atoms. The molecule has 0 amide bonds. The third-order valence-corrected chi connectivity index (χ3v) is 6.18. The number of esters is 1. The largest absolute Gasteiger partial charge is 0.465 e. The number of nitrogens with zero attached hydrogens (tertiary/aromatic N) is 2. The van der Waals surface area contributed by atoms with Gasteiger partial charge in [-0.25, -0.2) is 4.79 Å². The lowest BCUT2D eigenvalue weighted by molar-refractivity contribution is 0.0601. The van der Waals surface area contributed by atoms with E-state index < -0.39 is 6.10 Å². The van der Waals surface area contributed by atoms with E-state index >= 15 is 0 Å². The number of carbonyl (C=O) groups excluding carboxylic acids is 1. The van der Waals surface area contributed by atoms with Gasteiger partial charge in [0.1, 0.15) is 0 Å². The SMILES string of the molecule is COC(=O)c1ccc2c(C(O)CN3CCCCC3)c(C)n(-c3ccc(C)cc3)c2c1. The Morgan fingerprint density at radius 1 is 1.07 bits per heavy atom. The highest BCUT2D eigenvalue weighted by Gasteiger charge is 2.24. The van der Waals surface area contributed by atoms with Crippen molar-refractivity contribution < 1.29 is 14.6 Å². The number of aromatic nitrogens is 1. The normalized spacial score (nSPS) is 16.0. The highest BCUT2D eigenvalue weighted by atomic mass is 16.5. The minimum absolute atomic E-state index is 0.360. The first kappa shape index (κ1) is 20.6. The molecule has 3 aromatic rings. The summed E-state index contributed by atoms with van der Waals surface area (Å²) in [5, 5.41) is 12.2. The number of likely N-dealkylation sites (tertiary alicyclic amines) is 1. The molecule has 4 rings (SSSR count). The third kappa shape index (κ3) is 3.87. The van der Waals surface area contributed by atoms with Crippen molar-refractivity contribution in [3.8, 4) is 5.69 Å². The van der Waals surface area contributed by atoms with Crippen molar-refractivity contribution >= 4 is 16.9 Å². The Bertz CT molecular complexity index is 1050. The van der Waals surface area contributed by atoms with Gasteiger partial charge in [-0.1, -0.05) is 30.2 Å². The second kappa shape index (κ2) is 8.62. The summed E-state index contributed by atoms with van der Waals surface area (Å²) in [5.74, 6) is -0.360. The number of benzene rings is 2. The van der Waals surface area contributed by atoms with Gasteiger partial charge in [0.15, 0.2) is 0 Å². The summed E-state index contributed by atoms with van der Waals surface area (Å²) >= 11 is 0. The Balaban J connectivity index is 1.84. The summed E-state index contributed by atoms with van der Waals surface area (Å²) in [5.41, 5.74) is 5.56. The fourth-order valence-corrected chi connectivity index (χ4v) is 4.61. The Morgan fingerprint density at radius 2 is 1.77 bits per heavy atom. The molecule has 5 heteroatoms. The second-order valence-corrected chi connectivity index (χ2v) is 8.27. The number of aliphatic hydroxyl groups excluding tert-OH is 1. The second-order valence-electron chi connectivity index (χ2n) is 8.27. The maximum Gasteiger partial charge on any atom is 0.337 e. The Kier molecular flexibility index (Phi) is 5.93. The van der Waals surface area contributed by atoms with Gasteiger partial charge >= 0.3 is 5.97 Å². The first-order valence-corrected chi connectivity index (χ1v) is 10.7. The molecule has 2 heterocycles. The number of β-amino-alcohol motifs (C(OH)–C–C–N with tert-alkyl or cyclic N) is 1. The van der Waals surface area contributed by atoms with E-state index in [0.29, 0.717) is 12.1 Å². The summed E-state index contributed by atoms with van der Waals surface area (Å²) < 4.78 is 7.06. The zero-order valence-electron chi connectivity index (χ0n) is 18.0. The highest BCUT2D eigenvalue weighted by Crippen LogP contribution is 2.35. The maximum atomic E-state index is 12.2. The molecule has 0 bridgehead atoms. The molecule has 5 nitrogen and oxygen atoms in total. The van der Waals surface area contributed by atoms with Crippen molar-refractivity contribution in [3.05, 3.63) is 64.8 Å². The molecule has 1 aliphatic heterocycles. The molecule has 1 aliphatic rings. The molecular weight excluding hydrogens is 376 g/mol. The predicted octanol–water partition coefficient (Wildman–Crippen LogP) is 4.55. The minimum atomic E-state index is -0.582. The van der Waals surface area contributed by atoms with Gasteiger partial charge in [-0.05, 0) is 64.0 Å². The summed E-state index contributed by atoms with van der Waals surface area (Å²) in [7, 11) is 1.39. The summed E-state index contributed by atoms with van der Waals surface area (Å²) in [6, 6.07) is 13.9.